The molecule has 1 aliphatic carbocycles. The lowest BCUT2D eigenvalue weighted by atomic mass is 9.75. The van der Waals surface area contributed by atoms with Crippen molar-refractivity contribution in [3.63, 3.8) is 0 Å². The smallest absolute Gasteiger partial charge is 0.343 e. The van der Waals surface area contributed by atoms with E-state index in [0.717, 1.165) is 12.0 Å². The molecule has 0 spiro atoms. The van der Waals surface area contributed by atoms with Gasteiger partial charge in [0.15, 0.2) is 11.4 Å². The van der Waals surface area contributed by atoms with Crippen molar-refractivity contribution in [2.75, 3.05) is 0 Å². The Hall–Kier alpha value is -2.66. The van der Waals surface area contributed by atoms with Gasteiger partial charge in [0, 0.05) is 16.7 Å². The van der Waals surface area contributed by atoms with Crippen LogP contribution in [0, 0.1) is 5.92 Å². The van der Waals surface area contributed by atoms with Crippen LogP contribution in [-0.4, -0.2) is 23.1 Å². The molecule has 0 fully saturated rings. The number of fused-ring (bicyclic) bond motifs is 3. The molecule has 0 aromatic heterocycles. The number of ether oxygens (including phenoxy) is 2. The van der Waals surface area contributed by atoms with Crippen LogP contribution in [0.5, 0.6) is 0 Å². The molecule has 0 amide bonds. The molecule has 3 rings (SSSR count). The summed E-state index contributed by atoms with van der Waals surface area (Å²) in [5.74, 6) is -0.892. The first-order valence-corrected chi connectivity index (χ1v) is 9.87. The molecule has 6 heteroatoms. The van der Waals surface area contributed by atoms with E-state index in [2.05, 4.69) is 19.9 Å². The summed E-state index contributed by atoms with van der Waals surface area (Å²) >= 11 is 6.34. The lowest BCUT2D eigenvalue weighted by Crippen LogP contribution is -2.42. The highest BCUT2D eigenvalue weighted by Gasteiger charge is 2.56. The second kappa shape index (κ2) is 7.64. The van der Waals surface area contributed by atoms with Crippen LogP contribution in [0.15, 0.2) is 69.2 Å². The van der Waals surface area contributed by atoms with Crippen molar-refractivity contribution >= 4 is 29.1 Å². The minimum Gasteiger partial charge on any atom is -0.464 e. The van der Waals surface area contributed by atoms with Crippen molar-refractivity contribution < 1.29 is 23.9 Å². The van der Waals surface area contributed by atoms with Gasteiger partial charge >= 0.3 is 5.97 Å². The van der Waals surface area contributed by atoms with Crippen molar-refractivity contribution in [3.05, 3.63) is 69.2 Å². The maximum absolute atomic E-state index is 12.9. The van der Waals surface area contributed by atoms with E-state index >= 15 is 0 Å². The van der Waals surface area contributed by atoms with Crippen LogP contribution in [0.1, 0.15) is 41.0 Å². The fraction of sp³-hybridized carbons (Fsp3) is 0.348. The van der Waals surface area contributed by atoms with Crippen LogP contribution in [0.25, 0.3) is 0 Å². The summed E-state index contributed by atoms with van der Waals surface area (Å²) in [6, 6.07) is 0. The Balaban J connectivity index is 2.04. The van der Waals surface area contributed by atoms with Crippen LogP contribution >= 0.6 is 11.6 Å². The van der Waals surface area contributed by atoms with Gasteiger partial charge in [0.2, 0.25) is 5.78 Å². The predicted octanol–water partition coefficient (Wildman–Crippen LogP) is 4.61. The first-order valence-electron chi connectivity index (χ1n) is 9.49. The van der Waals surface area contributed by atoms with E-state index in [-0.39, 0.29) is 16.2 Å². The van der Waals surface area contributed by atoms with Crippen molar-refractivity contribution in [1.29, 1.82) is 0 Å². The van der Waals surface area contributed by atoms with E-state index in [1.807, 2.05) is 13.0 Å². The standard InChI is InChI=1S/C23H23ClO5/c1-6-12(2)9-13(3)7-8-15-10-16-17(11-28-15)19-18(14(4)25)22(27)29-23(19,5)21(26)20(16)24/h7-12H,6H2,1-5H3/b8-7+,13-9+/t12-,23-/m0/s1. The zero-order valence-corrected chi connectivity index (χ0v) is 17.8. The minimum atomic E-state index is -1.62. The second-order valence-electron chi connectivity index (χ2n) is 7.61. The Labute approximate surface area is 175 Å². The highest BCUT2D eigenvalue weighted by Crippen LogP contribution is 2.49. The Bertz CT molecular complexity index is 1000. The average Bonchev–Trinajstić information content (AvgIpc) is 2.96. The SMILES string of the molecule is CC[C@H](C)/C=C(C)/C=C/C1=CC2=C(Cl)C(=O)[C@@]3(C)OC(=O)C(C(C)=O)=C3C2=CO1. The summed E-state index contributed by atoms with van der Waals surface area (Å²) in [6.45, 7) is 8.98. The van der Waals surface area contributed by atoms with Gasteiger partial charge in [0.05, 0.1) is 11.3 Å². The number of halogens is 1. The van der Waals surface area contributed by atoms with Gasteiger partial charge in [0.1, 0.15) is 11.3 Å². The van der Waals surface area contributed by atoms with Crippen LogP contribution < -0.4 is 0 Å². The number of carbonyl (C=O) groups excluding carboxylic acids is 3. The quantitative estimate of drug-likeness (QED) is 0.373. The number of rotatable bonds is 5. The molecule has 0 unspecified atom stereocenters. The van der Waals surface area contributed by atoms with E-state index in [1.54, 1.807) is 12.2 Å². The van der Waals surface area contributed by atoms with E-state index in [0.29, 0.717) is 22.8 Å². The molecule has 2 atom stereocenters. The predicted molar refractivity (Wildman–Crippen MR) is 110 cm³/mol. The number of carbonyl (C=O) groups is 3. The van der Waals surface area contributed by atoms with Crippen molar-refractivity contribution in [3.8, 4) is 0 Å². The molecule has 2 heterocycles. The second-order valence-corrected chi connectivity index (χ2v) is 7.99. The van der Waals surface area contributed by atoms with E-state index in [1.165, 1.54) is 20.1 Å². The van der Waals surface area contributed by atoms with Gasteiger partial charge in [-0.2, -0.15) is 0 Å². The Kier molecular flexibility index (Phi) is 5.54. The van der Waals surface area contributed by atoms with Gasteiger partial charge in [-0.1, -0.05) is 49.6 Å². The first-order chi connectivity index (χ1) is 13.6. The van der Waals surface area contributed by atoms with Crippen LogP contribution in [0.2, 0.25) is 0 Å². The summed E-state index contributed by atoms with van der Waals surface area (Å²) in [4.78, 5) is 37.2. The van der Waals surface area contributed by atoms with Gasteiger partial charge in [-0.3, -0.25) is 9.59 Å². The van der Waals surface area contributed by atoms with E-state index in [9.17, 15) is 14.4 Å². The first kappa shape index (κ1) is 21.1. The van der Waals surface area contributed by atoms with Crippen molar-refractivity contribution in [2.45, 2.75) is 46.6 Å². The largest absolute Gasteiger partial charge is 0.464 e. The molecule has 29 heavy (non-hydrogen) atoms. The van der Waals surface area contributed by atoms with Crippen LogP contribution in [0.3, 0.4) is 0 Å². The monoisotopic (exact) mass is 414 g/mol. The maximum Gasteiger partial charge on any atom is 0.343 e. The number of allylic oxidation sites excluding steroid dienone is 6. The van der Waals surface area contributed by atoms with Crippen LogP contribution in [0.4, 0.5) is 0 Å². The van der Waals surface area contributed by atoms with Crippen molar-refractivity contribution in [1.82, 2.24) is 0 Å². The number of esters is 1. The molecule has 0 aromatic rings. The Morgan fingerprint density at radius 3 is 2.62 bits per heavy atom. The number of hydrogen-bond donors (Lipinski definition) is 0. The minimum absolute atomic E-state index is 0.0545. The Morgan fingerprint density at radius 2 is 2.00 bits per heavy atom. The van der Waals surface area contributed by atoms with Gasteiger partial charge in [-0.15, -0.1) is 0 Å². The van der Waals surface area contributed by atoms with Gasteiger partial charge in [-0.25, -0.2) is 4.79 Å². The third-order valence-corrected chi connectivity index (χ3v) is 5.69. The molecule has 0 saturated carbocycles. The number of Topliss-reactive ketones (excluding diaryl/α,β-unsaturated/α-hetero) is 2. The molecule has 2 aliphatic heterocycles. The summed E-state index contributed by atoms with van der Waals surface area (Å²) in [6.07, 6.45) is 9.96. The fourth-order valence-corrected chi connectivity index (χ4v) is 3.91. The third-order valence-electron chi connectivity index (χ3n) is 5.31. The highest BCUT2D eigenvalue weighted by molar-refractivity contribution is 6.46. The summed E-state index contributed by atoms with van der Waals surface area (Å²) < 4.78 is 11.0. The third kappa shape index (κ3) is 3.55. The van der Waals surface area contributed by atoms with Gasteiger partial charge < -0.3 is 9.47 Å². The van der Waals surface area contributed by atoms with E-state index in [4.69, 9.17) is 21.1 Å². The van der Waals surface area contributed by atoms with Gasteiger partial charge in [0.25, 0.3) is 0 Å². The molecule has 0 N–H and O–H groups in total. The molecule has 3 aliphatic rings. The molecular weight excluding hydrogens is 392 g/mol. The summed E-state index contributed by atoms with van der Waals surface area (Å²) in [5.41, 5.74) is 0.365. The molecule has 152 valence electrons. The maximum atomic E-state index is 12.9. The topological polar surface area (TPSA) is 69.7 Å². The molecule has 0 bridgehead atoms. The fourth-order valence-electron chi connectivity index (χ4n) is 3.57. The lowest BCUT2D eigenvalue weighted by molar-refractivity contribution is -0.153. The van der Waals surface area contributed by atoms with Crippen molar-refractivity contribution in [2.24, 2.45) is 5.92 Å². The van der Waals surface area contributed by atoms with Crippen LogP contribution in [-0.2, 0) is 23.9 Å². The summed E-state index contributed by atoms with van der Waals surface area (Å²) in [5, 5.41) is -0.0545. The number of hydrogen-bond acceptors (Lipinski definition) is 5. The molecule has 0 aromatic carbocycles. The zero-order valence-electron chi connectivity index (χ0n) is 17.1. The average molecular weight is 415 g/mol. The normalized spacial score (nSPS) is 25.4. The highest BCUT2D eigenvalue weighted by atomic mass is 35.5. The molecule has 0 radical (unpaired) electrons. The molecular formula is C23H23ClO5. The molecule has 0 saturated heterocycles. The number of ketones is 2. The zero-order chi connectivity index (χ0) is 21.5. The Morgan fingerprint density at radius 1 is 1.31 bits per heavy atom. The van der Waals surface area contributed by atoms with E-state index < -0.39 is 23.1 Å². The summed E-state index contributed by atoms with van der Waals surface area (Å²) in [7, 11) is 0. The molecule has 5 nitrogen and oxygen atoms in total. The lowest BCUT2D eigenvalue weighted by Gasteiger charge is -2.32. The van der Waals surface area contributed by atoms with Gasteiger partial charge in [-0.05, 0) is 38.8 Å².